The summed E-state index contributed by atoms with van der Waals surface area (Å²) in [6, 6.07) is 8.15. The number of hydrogen-bond donors (Lipinski definition) is 0. The number of aryl methyl sites for hydroxylation is 1. The molecule has 1 rings (SSSR count). The highest BCUT2D eigenvalue weighted by molar-refractivity contribution is 5.59. The monoisotopic (exact) mass is 223 g/mol. The van der Waals surface area contributed by atoms with Crippen molar-refractivity contribution in [2.24, 2.45) is 0 Å². The molecule has 0 fully saturated rings. The minimum Gasteiger partial charge on any atom is -0.438 e. The number of hydrogen-bond acceptors (Lipinski definition) is 4. The van der Waals surface area contributed by atoms with Crippen LogP contribution in [0, 0.1) is 6.92 Å². The third kappa shape index (κ3) is 3.81. The van der Waals surface area contributed by atoms with Crippen LogP contribution in [0.25, 0.3) is 0 Å². The van der Waals surface area contributed by atoms with E-state index in [4.69, 9.17) is 4.74 Å². The standard InChI is InChI=1S/C12H17NO3/c1-10-5-4-6-11(9-10)13(2)7-8-16-12(14)15-3/h4-6,9H,7-8H2,1-3H3. The van der Waals surface area contributed by atoms with Crippen LogP contribution < -0.4 is 4.90 Å². The predicted molar refractivity (Wildman–Crippen MR) is 62.8 cm³/mol. The first-order chi connectivity index (χ1) is 7.63. The van der Waals surface area contributed by atoms with E-state index in [0.29, 0.717) is 13.2 Å². The molecule has 0 atom stereocenters. The number of ether oxygens (including phenoxy) is 2. The van der Waals surface area contributed by atoms with Gasteiger partial charge in [-0.05, 0) is 24.6 Å². The molecule has 4 heteroatoms. The maximum atomic E-state index is 10.7. The van der Waals surface area contributed by atoms with Gasteiger partial charge in [0.1, 0.15) is 6.61 Å². The molecule has 4 nitrogen and oxygen atoms in total. The molecule has 0 spiro atoms. The molecule has 0 aliphatic heterocycles. The summed E-state index contributed by atoms with van der Waals surface area (Å²) in [5, 5.41) is 0. The number of likely N-dealkylation sites (N-methyl/N-ethyl adjacent to an activating group) is 1. The number of carbonyl (C=O) groups is 1. The predicted octanol–water partition coefficient (Wildman–Crippen LogP) is 2.21. The first kappa shape index (κ1) is 12.4. The summed E-state index contributed by atoms with van der Waals surface area (Å²) in [5.74, 6) is 0. The summed E-state index contributed by atoms with van der Waals surface area (Å²) >= 11 is 0. The highest BCUT2D eigenvalue weighted by atomic mass is 16.7. The molecule has 0 N–H and O–H groups in total. The summed E-state index contributed by atoms with van der Waals surface area (Å²) in [4.78, 5) is 12.7. The van der Waals surface area contributed by atoms with E-state index in [0.717, 1.165) is 5.69 Å². The summed E-state index contributed by atoms with van der Waals surface area (Å²) < 4.78 is 9.19. The molecule has 0 heterocycles. The first-order valence-electron chi connectivity index (χ1n) is 5.12. The second-order valence-electron chi connectivity index (χ2n) is 3.56. The molecule has 0 unspecified atom stereocenters. The number of anilines is 1. The van der Waals surface area contributed by atoms with Gasteiger partial charge in [-0.2, -0.15) is 0 Å². The van der Waals surface area contributed by atoms with Crippen LogP contribution in [0.1, 0.15) is 5.56 Å². The van der Waals surface area contributed by atoms with Crippen molar-refractivity contribution < 1.29 is 14.3 Å². The highest BCUT2D eigenvalue weighted by Gasteiger charge is 2.03. The Labute approximate surface area is 95.8 Å². The molecule has 0 saturated heterocycles. The Morgan fingerprint density at radius 1 is 1.44 bits per heavy atom. The fourth-order valence-electron chi connectivity index (χ4n) is 1.32. The zero-order valence-corrected chi connectivity index (χ0v) is 9.90. The van der Waals surface area contributed by atoms with Crippen molar-refractivity contribution in [3.05, 3.63) is 29.8 Å². The Bertz CT molecular complexity index is 352. The number of carbonyl (C=O) groups excluding carboxylic acids is 1. The van der Waals surface area contributed by atoms with E-state index in [1.165, 1.54) is 12.7 Å². The molecule has 1 aromatic rings. The fourth-order valence-corrected chi connectivity index (χ4v) is 1.32. The summed E-state index contributed by atoms with van der Waals surface area (Å²) in [7, 11) is 3.25. The molecule has 0 aliphatic carbocycles. The van der Waals surface area contributed by atoms with Gasteiger partial charge in [-0.1, -0.05) is 12.1 Å². The van der Waals surface area contributed by atoms with Crippen molar-refractivity contribution in [1.82, 2.24) is 0 Å². The maximum absolute atomic E-state index is 10.7. The highest BCUT2D eigenvalue weighted by Crippen LogP contribution is 2.13. The van der Waals surface area contributed by atoms with Crippen molar-refractivity contribution in [3.8, 4) is 0 Å². The van der Waals surface area contributed by atoms with E-state index in [1.807, 2.05) is 37.1 Å². The lowest BCUT2D eigenvalue weighted by molar-refractivity contribution is 0.0750. The molecule has 0 aliphatic rings. The van der Waals surface area contributed by atoms with Gasteiger partial charge in [-0.15, -0.1) is 0 Å². The van der Waals surface area contributed by atoms with Gasteiger partial charge in [-0.3, -0.25) is 0 Å². The molecular formula is C12H17NO3. The number of methoxy groups -OCH3 is 1. The number of rotatable bonds is 4. The molecule has 0 saturated carbocycles. The molecule has 0 bridgehead atoms. The van der Waals surface area contributed by atoms with Crippen molar-refractivity contribution in [2.75, 3.05) is 32.2 Å². The zero-order valence-electron chi connectivity index (χ0n) is 9.90. The summed E-state index contributed by atoms with van der Waals surface area (Å²) in [5.41, 5.74) is 2.31. The topological polar surface area (TPSA) is 38.8 Å². The first-order valence-corrected chi connectivity index (χ1v) is 5.12. The molecule has 1 aromatic carbocycles. The van der Waals surface area contributed by atoms with Crippen LogP contribution in [0.15, 0.2) is 24.3 Å². The smallest absolute Gasteiger partial charge is 0.438 e. The Hall–Kier alpha value is -1.71. The lowest BCUT2D eigenvalue weighted by Gasteiger charge is -2.19. The van der Waals surface area contributed by atoms with Gasteiger partial charge < -0.3 is 14.4 Å². The van der Waals surface area contributed by atoms with Crippen LogP contribution in [0.3, 0.4) is 0 Å². The molecule has 88 valence electrons. The molecule has 0 radical (unpaired) electrons. The van der Waals surface area contributed by atoms with E-state index in [9.17, 15) is 4.79 Å². The van der Waals surface area contributed by atoms with Gasteiger partial charge in [0.15, 0.2) is 0 Å². The van der Waals surface area contributed by atoms with Crippen molar-refractivity contribution in [2.45, 2.75) is 6.92 Å². The van der Waals surface area contributed by atoms with Crippen LogP contribution in [-0.4, -0.2) is 33.5 Å². The van der Waals surface area contributed by atoms with E-state index < -0.39 is 6.16 Å². The lowest BCUT2D eigenvalue weighted by Crippen LogP contribution is -2.23. The SMILES string of the molecule is COC(=O)OCCN(C)c1cccc(C)c1. The van der Waals surface area contributed by atoms with Crippen molar-refractivity contribution in [3.63, 3.8) is 0 Å². The minimum absolute atomic E-state index is 0.317. The van der Waals surface area contributed by atoms with E-state index in [2.05, 4.69) is 10.8 Å². The zero-order chi connectivity index (χ0) is 12.0. The minimum atomic E-state index is -0.641. The average molecular weight is 223 g/mol. The maximum Gasteiger partial charge on any atom is 0.508 e. The summed E-state index contributed by atoms with van der Waals surface area (Å²) in [6.07, 6.45) is -0.641. The third-order valence-electron chi connectivity index (χ3n) is 2.26. The number of benzene rings is 1. The van der Waals surface area contributed by atoms with Crippen LogP contribution in [0.2, 0.25) is 0 Å². The van der Waals surface area contributed by atoms with E-state index >= 15 is 0 Å². The van der Waals surface area contributed by atoms with Crippen molar-refractivity contribution in [1.29, 1.82) is 0 Å². The van der Waals surface area contributed by atoms with Gasteiger partial charge in [0, 0.05) is 12.7 Å². The van der Waals surface area contributed by atoms with Gasteiger partial charge in [0.2, 0.25) is 0 Å². The average Bonchev–Trinajstić information content (AvgIpc) is 2.28. The molecule has 16 heavy (non-hydrogen) atoms. The van der Waals surface area contributed by atoms with Gasteiger partial charge in [0.05, 0.1) is 13.7 Å². The Kier molecular flexibility index (Phi) is 4.64. The van der Waals surface area contributed by atoms with Crippen LogP contribution >= 0.6 is 0 Å². The largest absolute Gasteiger partial charge is 0.508 e. The summed E-state index contributed by atoms with van der Waals surface area (Å²) in [6.45, 7) is 3.00. The van der Waals surface area contributed by atoms with Crippen LogP contribution in [0.5, 0.6) is 0 Å². The molecule has 0 amide bonds. The van der Waals surface area contributed by atoms with E-state index in [-0.39, 0.29) is 0 Å². The van der Waals surface area contributed by atoms with Crippen molar-refractivity contribution >= 4 is 11.8 Å². The Balaban J connectivity index is 2.40. The van der Waals surface area contributed by atoms with E-state index in [1.54, 1.807) is 0 Å². The Morgan fingerprint density at radius 3 is 2.81 bits per heavy atom. The lowest BCUT2D eigenvalue weighted by atomic mass is 10.2. The normalized spacial score (nSPS) is 9.69. The molecular weight excluding hydrogens is 206 g/mol. The van der Waals surface area contributed by atoms with Gasteiger partial charge in [-0.25, -0.2) is 4.79 Å². The number of nitrogens with zero attached hydrogens (tertiary/aromatic N) is 1. The fraction of sp³-hybridized carbons (Fsp3) is 0.417. The second kappa shape index (κ2) is 6.00. The quantitative estimate of drug-likeness (QED) is 0.734. The second-order valence-corrected chi connectivity index (χ2v) is 3.56. The van der Waals surface area contributed by atoms with Crippen LogP contribution in [-0.2, 0) is 9.47 Å². The van der Waals surface area contributed by atoms with Gasteiger partial charge >= 0.3 is 6.16 Å². The third-order valence-corrected chi connectivity index (χ3v) is 2.26. The molecule has 0 aromatic heterocycles. The Morgan fingerprint density at radius 2 is 2.19 bits per heavy atom. The van der Waals surface area contributed by atoms with Gasteiger partial charge in [0.25, 0.3) is 0 Å². The van der Waals surface area contributed by atoms with Crippen LogP contribution in [0.4, 0.5) is 10.5 Å².